The molecule has 2 amide bonds. The first-order chi connectivity index (χ1) is 35.0. The number of aliphatic hydroxyl groups excluding tert-OH is 1. The van der Waals surface area contributed by atoms with E-state index in [2.05, 4.69) is 52.3 Å². The maximum atomic E-state index is 14.3. The number of anilines is 2. The Hall–Kier alpha value is -6.76. The van der Waals surface area contributed by atoms with Crippen LogP contribution in [0.2, 0.25) is 0 Å². The summed E-state index contributed by atoms with van der Waals surface area (Å²) in [5.74, 6) is 1.20. The fourth-order valence-corrected chi connectivity index (χ4v) is 12.4. The molecule has 1 unspecified atom stereocenters. The number of likely N-dealkylation sites (tertiary alicyclic amines) is 2. The molecule has 0 saturated carbocycles. The second-order valence-electron chi connectivity index (χ2n) is 20.4. The highest BCUT2D eigenvalue weighted by Crippen LogP contribution is 2.40. The number of hydrogen-bond donors (Lipinski definition) is 4. The molecule has 11 rings (SSSR count). The Kier molecular flexibility index (Phi) is 13.2. The van der Waals surface area contributed by atoms with Crippen molar-refractivity contribution in [3.05, 3.63) is 112 Å². The number of phenols is 1. The first-order valence-corrected chi connectivity index (χ1v) is 26.3. The Morgan fingerprint density at radius 1 is 0.944 bits per heavy atom. The van der Waals surface area contributed by atoms with Gasteiger partial charge in [-0.3, -0.25) is 9.59 Å². The number of aromatic hydroxyl groups is 1. The molecule has 3 fully saturated rings. The van der Waals surface area contributed by atoms with Crippen molar-refractivity contribution in [2.75, 3.05) is 49.1 Å². The van der Waals surface area contributed by atoms with Crippen LogP contribution in [0.15, 0.2) is 83.1 Å². The number of amides is 2. The van der Waals surface area contributed by atoms with E-state index in [1.807, 2.05) is 87.2 Å². The summed E-state index contributed by atoms with van der Waals surface area (Å²) in [7, 11) is 0. The molecule has 3 saturated heterocycles. The van der Waals surface area contributed by atoms with Crippen molar-refractivity contribution in [2.24, 2.45) is 5.92 Å². The number of thiazole rings is 1. The van der Waals surface area contributed by atoms with Gasteiger partial charge in [0.1, 0.15) is 17.7 Å². The van der Waals surface area contributed by atoms with E-state index in [-0.39, 0.29) is 42.5 Å². The Morgan fingerprint density at radius 3 is 2.43 bits per heavy atom. The Balaban J connectivity index is 0.665. The molecule has 5 aromatic heterocycles. The number of nitrogens with zero attached hydrogens (tertiary/aromatic N) is 10. The van der Waals surface area contributed by atoms with E-state index < -0.39 is 18.1 Å². The number of aliphatic hydroxyl groups is 1. The molecule has 4 atom stereocenters. The van der Waals surface area contributed by atoms with Gasteiger partial charge in [0, 0.05) is 92.3 Å². The summed E-state index contributed by atoms with van der Waals surface area (Å²) in [6.45, 7) is 13.0. The third kappa shape index (κ3) is 9.31. The summed E-state index contributed by atoms with van der Waals surface area (Å²) >= 11 is 1.60. The number of aromatic amines is 1. The molecule has 72 heavy (non-hydrogen) atoms. The first-order valence-electron chi connectivity index (χ1n) is 25.4. The fraction of sp³-hybridized carbons (Fsp3) is 0.444. The fourth-order valence-electron chi connectivity index (χ4n) is 11.6. The zero-order chi connectivity index (χ0) is 49.6. The minimum Gasteiger partial charge on any atom is -0.507 e. The number of piperidine rings is 2. The van der Waals surface area contributed by atoms with E-state index in [0.29, 0.717) is 35.5 Å². The van der Waals surface area contributed by atoms with Gasteiger partial charge in [-0.2, -0.15) is 0 Å². The van der Waals surface area contributed by atoms with Crippen LogP contribution in [0, 0.1) is 12.8 Å². The summed E-state index contributed by atoms with van der Waals surface area (Å²) in [6, 6.07) is 18.9. The van der Waals surface area contributed by atoms with Crippen LogP contribution in [0.3, 0.4) is 0 Å². The second kappa shape index (κ2) is 20.0. The monoisotopic (exact) mass is 990 g/mol. The molecular formula is C54H62N12O5S. The quantitative estimate of drug-likeness (QED) is 0.0935. The number of fused-ring (bicyclic) bond motifs is 3. The second-order valence-corrected chi connectivity index (χ2v) is 21.2. The largest absolute Gasteiger partial charge is 0.507 e. The van der Waals surface area contributed by atoms with Crippen molar-refractivity contribution >= 4 is 46.0 Å². The van der Waals surface area contributed by atoms with Crippen LogP contribution in [0.25, 0.3) is 32.7 Å². The van der Waals surface area contributed by atoms with Gasteiger partial charge < -0.3 is 44.6 Å². The van der Waals surface area contributed by atoms with Crippen LogP contribution in [0.4, 0.5) is 11.8 Å². The lowest BCUT2D eigenvalue weighted by Crippen LogP contribution is -2.48. The summed E-state index contributed by atoms with van der Waals surface area (Å²) in [4.78, 5) is 55.5. The highest BCUT2D eigenvalue weighted by Gasteiger charge is 2.43. The minimum absolute atomic E-state index is 0.0167. The first kappa shape index (κ1) is 47.6. The van der Waals surface area contributed by atoms with Crippen molar-refractivity contribution in [2.45, 2.75) is 109 Å². The predicted molar refractivity (Wildman–Crippen MR) is 276 cm³/mol. The predicted octanol–water partition coefficient (Wildman–Crippen LogP) is 7.53. The van der Waals surface area contributed by atoms with E-state index in [9.17, 15) is 19.8 Å². The van der Waals surface area contributed by atoms with E-state index in [1.165, 1.54) is 16.0 Å². The van der Waals surface area contributed by atoms with Crippen molar-refractivity contribution in [3.8, 4) is 27.4 Å². The van der Waals surface area contributed by atoms with Crippen molar-refractivity contribution < 1.29 is 24.3 Å². The van der Waals surface area contributed by atoms with Gasteiger partial charge in [0.2, 0.25) is 17.8 Å². The smallest absolute Gasteiger partial charge is 0.243 e. The highest BCUT2D eigenvalue weighted by molar-refractivity contribution is 7.13. The van der Waals surface area contributed by atoms with Crippen LogP contribution >= 0.6 is 11.3 Å². The number of carbonyl (C=O) groups is 2. The number of rotatable bonds is 12. The van der Waals surface area contributed by atoms with Gasteiger partial charge in [-0.05, 0) is 99.3 Å². The molecule has 17 nitrogen and oxygen atoms in total. The molecule has 374 valence electrons. The van der Waals surface area contributed by atoms with E-state index in [1.54, 1.807) is 23.5 Å². The minimum atomic E-state index is -0.797. The van der Waals surface area contributed by atoms with E-state index >= 15 is 0 Å². The van der Waals surface area contributed by atoms with Gasteiger partial charge in [-0.25, -0.2) is 15.0 Å². The summed E-state index contributed by atoms with van der Waals surface area (Å²) in [5, 5.41) is 38.6. The number of phenolic OH excluding ortho intramolecular Hbond substituents is 1. The lowest BCUT2D eigenvalue weighted by molar-refractivity contribution is -0.141. The average Bonchev–Trinajstić information content (AvgIpc) is 4.23. The van der Waals surface area contributed by atoms with E-state index in [4.69, 9.17) is 14.5 Å². The van der Waals surface area contributed by atoms with Crippen LogP contribution in [-0.2, 0) is 22.6 Å². The average molecular weight is 991 g/mol. The van der Waals surface area contributed by atoms with Gasteiger partial charge in [-0.15, -0.1) is 21.5 Å². The number of carbonyl (C=O) groups excluding carboxylic acids is 2. The third-order valence-electron chi connectivity index (χ3n) is 15.6. The Bertz CT molecular complexity index is 3050. The number of para-hydroxylation sites is 1. The number of nitrogens with one attached hydrogen (secondary N) is 2. The van der Waals surface area contributed by atoms with Crippen LogP contribution in [-0.4, -0.2) is 125 Å². The topological polar surface area (TPSA) is 206 Å². The number of benzene rings is 2. The lowest BCUT2D eigenvalue weighted by atomic mass is 9.89. The summed E-state index contributed by atoms with van der Waals surface area (Å²) < 4.78 is 5.94. The lowest BCUT2D eigenvalue weighted by Gasteiger charge is -2.41. The molecule has 7 aromatic rings. The van der Waals surface area contributed by atoms with Crippen LogP contribution in [0.1, 0.15) is 105 Å². The maximum absolute atomic E-state index is 14.3. The number of hydrogen-bond acceptors (Lipinski definition) is 15. The Morgan fingerprint density at radius 2 is 1.71 bits per heavy atom. The number of aromatic nitrogens is 7. The summed E-state index contributed by atoms with van der Waals surface area (Å²) in [6.07, 6.45) is 8.37. The number of aryl methyl sites for hydroxylation is 1. The molecule has 4 N–H and O–H groups in total. The third-order valence-corrected chi connectivity index (χ3v) is 16.6. The van der Waals surface area contributed by atoms with Crippen molar-refractivity contribution in [3.63, 3.8) is 0 Å². The molecule has 0 aliphatic carbocycles. The molecule has 0 radical (unpaired) electrons. The zero-order valence-corrected chi connectivity index (χ0v) is 42.1. The number of β-amino-alcohol motifs (C(OH)–C–C–N with tert-alkyl or cyclic N) is 1. The Labute approximate surface area is 422 Å². The standard InChI is InChI=1S/C54H62N12O5S/c1-31(2)48(53(70)66-29-39(67)23-44(66)52(69)55-26-34-9-11-36(12-10-34)50-32(3)58-30-72-50)46-25-47(62-71-46)64-20-15-38(16-21-64)63-18-13-35(14-19-63)37-27-56-54(57-28-37)65-22-17-42-49(33(65)4)41-24-43(60-61-51(41)59-42)40-7-5-6-8-45(40)68/h5-12,24-25,27-28,30-31,33,35,38-39,44,48,67-68H,13-23,26,29H2,1-4H3,(H,55,69)(H,59,61)/t33-,39+,44-,48?/m0/s1. The van der Waals surface area contributed by atoms with Crippen LogP contribution < -0.4 is 15.1 Å². The molecule has 0 spiro atoms. The van der Waals surface area contributed by atoms with Gasteiger partial charge in [0.15, 0.2) is 17.2 Å². The SMILES string of the molecule is Cc1ncsc1-c1ccc(CNC(=O)[C@@H]2C[C@@H](O)CN2C(=O)C(c2cc(N3CCC(N4CCC(c5cnc(N6CCc7[nH]c8nnc(-c9ccccc9O)cc8c7[C@@H]6C)nc5)CC4)CC3)no2)C(C)C)cc1. The maximum Gasteiger partial charge on any atom is 0.243 e. The number of H-pyrrole nitrogens is 1. The molecular weight excluding hydrogens is 929 g/mol. The zero-order valence-electron chi connectivity index (χ0n) is 41.2. The highest BCUT2D eigenvalue weighted by atomic mass is 32.1. The molecule has 4 aliphatic rings. The molecule has 18 heteroatoms. The van der Waals surface area contributed by atoms with Gasteiger partial charge in [0.05, 0.1) is 33.9 Å². The van der Waals surface area contributed by atoms with Gasteiger partial charge in [-0.1, -0.05) is 55.4 Å². The molecule has 9 heterocycles. The summed E-state index contributed by atoms with van der Waals surface area (Å²) in [5.41, 5.74) is 10.4. The van der Waals surface area contributed by atoms with Crippen molar-refractivity contribution in [1.29, 1.82) is 0 Å². The van der Waals surface area contributed by atoms with Gasteiger partial charge >= 0.3 is 0 Å². The van der Waals surface area contributed by atoms with Crippen molar-refractivity contribution in [1.82, 2.24) is 50.4 Å². The molecule has 2 aromatic carbocycles. The van der Waals surface area contributed by atoms with E-state index in [0.717, 1.165) is 115 Å². The molecule has 0 bridgehead atoms. The molecule has 4 aliphatic heterocycles. The normalized spacial score (nSPS) is 20.6. The van der Waals surface area contributed by atoms with Crippen LogP contribution in [0.5, 0.6) is 5.75 Å². The van der Waals surface area contributed by atoms with Gasteiger partial charge in [0.25, 0.3) is 0 Å².